The number of benzene rings is 1. The summed E-state index contributed by atoms with van der Waals surface area (Å²) < 4.78 is 5.32. The minimum Gasteiger partial charge on any atom is -0.481 e. The molecule has 0 unspecified atom stereocenters. The third-order valence-electron chi connectivity index (χ3n) is 3.73. The van der Waals surface area contributed by atoms with Crippen molar-refractivity contribution in [3.05, 3.63) is 45.3 Å². The van der Waals surface area contributed by atoms with Crippen molar-refractivity contribution in [1.29, 1.82) is 0 Å². The van der Waals surface area contributed by atoms with Crippen molar-refractivity contribution in [2.75, 3.05) is 13.2 Å². The lowest BCUT2D eigenvalue weighted by atomic mass is 9.69. The van der Waals surface area contributed by atoms with Gasteiger partial charge in [0.15, 0.2) is 0 Å². The lowest BCUT2D eigenvalue weighted by molar-refractivity contribution is -0.141. The van der Waals surface area contributed by atoms with Crippen molar-refractivity contribution < 1.29 is 14.6 Å². The Kier molecular flexibility index (Phi) is 4.49. The number of carbonyl (C=O) groups is 1. The number of hydrogen-bond donors (Lipinski definition) is 1. The normalized spacial score (nSPS) is 18.9. The first-order valence-electron chi connectivity index (χ1n) is 6.21. The van der Waals surface area contributed by atoms with Gasteiger partial charge in [0.1, 0.15) is 6.04 Å². The number of carboxylic acids is 1. The molecule has 1 N–H and O–H groups in total. The van der Waals surface area contributed by atoms with Crippen LogP contribution in [0, 0.1) is 0 Å². The Bertz CT molecular complexity index is 532. The molecule has 1 aromatic rings. The minimum absolute atomic E-state index is 0.438. The Morgan fingerprint density at radius 2 is 2.00 bits per heavy atom. The van der Waals surface area contributed by atoms with Crippen LogP contribution in [0.25, 0.3) is 10.4 Å². The van der Waals surface area contributed by atoms with Crippen molar-refractivity contribution in [2.24, 2.45) is 5.11 Å². The first kappa shape index (κ1) is 14.7. The molecule has 1 heterocycles. The van der Waals surface area contributed by atoms with E-state index in [0.717, 1.165) is 5.56 Å². The van der Waals surface area contributed by atoms with Gasteiger partial charge in [-0.2, -0.15) is 0 Å². The average Bonchev–Trinajstić information content (AvgIpc) is 2.46. The van der Waals surface area contributed by atoms with E-state index in [0.29, 0.717) is 31.1 Å². The summed E-state index contributed by atoms with van der Waals surface area (Å²) in [5, 5.41) is 13.5. The third-order valence-corrected chi connectivity index (χ3v) is 3.98. The standard InChI is InChI=1S/C13H14ClN3O3/c14-10-3-1-9(2-4-10)13(5-7-20-8-6-13)11(12(18)19)16-17-15/h1-4,11H,5-8H2,(H,18,19)/t11-/m1/s1. The molecule has 0 aromatic heterocycles. The van der Waals surface area contributed by atoms with Crippen LogP contribution in [-0.2, 0) is 14.9 Å². The molecule has 2 rings (SSSR count). The maximum atomic E-state index is 11.5. The van der Waals surface area contributed by atoms with Gasteiger partial charge in [-0.3, -0.25) is 4.79 Å². The highest BCUT2D eigenvalue weighted by molar-refractivity contribution is 6.30. The van der Waals surface area contributed by atoms with Gasteiger partial charge in [0, 0.05) is 28.6 Å². The molecule has 1 aromatic carbocycles. The number of ether oxygens (including phenoxy) is 1. The molecule has 1 fully saturated rings. The van der Waals surface area contributed by atoms with E-state index in [2.05, 4.69) is 10.0 Å². The number of halogens is 1. The molecule has 0 radical (unpaired) electrons. The second kappa shape index (κ2) is 6.13. The molecule has 6 nitrogen and oxygen atoms in total. The summed E-state index contributed by atoms with van der Waals surface area (Å²) in [6, 6.07) is 5.84. The van der Waals surface area contributed by atoms with Crippen molar-refractivity contribution in [1.82, 2.24) is 0 Å². The van der Waals surface area contributed by atoms with Gasteiger partial charge in [-0.1, -0.05) is 28.8 Å². The number of rotatable bonds is 4. The quantitative estimate of drug-likeness (QED) is 0.525. The third kappa shape index (κ3) is 2.72. The van der Waals surface area contributed by atoms with E-state index in [1.165, 1.54) is 0 Å². The van der Waals surface area contributed by atoms with Crippen LogP contribution in [-0.4, -0.2) is 30.3 Å². The summed E-state index contributed by atoms with van der Waals surface area (Å²) in [7, 11) is 0. The summed E-state index contributed by atoms with van der Waals surface area (Å²) >= 11 is 5.88. The van der Waals surface area contributed by atoms with Crippen LogP contribution in [0.15, 0.2) is 29.4 Å². The zero-order valence-electron chi connectivity index (χ0n) is 10.7. The Hall–Kier alpha value is -1.75. The van der Waals surface area contributed by atoms with Gasteiger partial charge in [-0.15, -0.1) is 0 Å². The lowest BCUT2D eigenvalue weighted by Gasteiger charge is -2.40. The molecule has 1 aliphatic rings. The van der Waals surface area contributed by atoms with Crippen molar-refractivity contribution in [3.8, 4) is 0 Å². The van der Waals surface area contributed by atoms with Gasteiger partial charge < -0.3 is 9.84 Å². The predicted octanol–water partition coefficient (Wildman–Crippen LogP) is 3.15. The molecular weight excluding hydrogens is 282 g/mol. The topological polar surface area (TPSA) is 95.3 Å². The van der Waals surface area contributed by atoms with E-state index in [1.807, 2.05) is 0 Å². The zero-order chi connectivity index (χ0) is 14.6. The van der Waals surface area contributed by atoms with E-state index >= 15 is 0 Å². The van der Waals surface area contributed by atoms with Crippen LogP contribution in [0.3, 0.4) is 0 Å². The van der Waals surface area contributed by atoms with Gasteiger partial charge >= 0.3 is 5.97 Å². The maximum absolute atomic E-state index is 11.5. The summed E-state index contributed by atoms with van der Waals surface area (Å²) in [6.45, 7) is 0.876. The Labute approximate surface area is 120 Å². The van der Waals surface area contributed by atoms with Gasteiger partial charge in [0.25, 0.3) is 0 Å². The van der Waals surface area contributed by atoms with Gasteiger partial charge in [-0.25, -0.2) is 0 Å². The second-order valence-corrected chi connectivity index (χ2v) is 5.16. The van der Waals surface area contributed by atoms with Crippen molar-refractivity contribution in [3.63, 3.8) is 0 Å². The molecule has 0 bridgehead atoms. The fourth-order valence-corrected chi connectivity index (χ4v) is 2.81. The molecule has 106 valence electrons. The smallest absolute Gasteiger partial charge is 0.313 e. The molecule has 0 saturated carbocycles. The first-order chi connectivity index (χ1) is 9.60. The van der Waals surface area contributed by atoms with Crippen LogP contribution in [0.5, 0.6) is 0 Å². The van der Waals surface area contributed by atoms with E-state index < -0.39 is 17.4 Å². The Morgan fingerprint density at radius 3 is 2.50 bits per heavy atom. The number of carboxylic acid groups (broad SMARTS) is 1. The molecule has 0 spiro atoms. The fourth-order valence-electron chi connectivity index (χ4n) is 2.69. The van der Waals surface area contributed by atoms with Crippen LogP contribution >= 0.6 is 11.6 Å². The van der Waals surface area contributed by atoms with Gasteiger partial charge in [0.2, 0.25) is 0 Å². The minimum atomic E-state index is -1.16. The molecular formula is C13H14ClN3O3. The monoisotopic (exact) mass is 295 g/mol. The SMILES string of the molecule is [N-]=[N+]=N[C@H](C(=O)O)C1(c2ccc(Cl)cc2)CCOCC1. The largest absolute Gasteiger partial charge is 0.481 e. The van der Waals surface area contributed by atoms with Crippen molar-refractivity contribution in [2.45, 2.75) is 24.3 Å². The number of aliphatic carboxylic acids is 1. The predicted molar refractivity (Wildman–Crippen MR) is 73.8 cm³/mol. The van der Waals surface area contributed by atoms with Crippen LogP contribution in [0.2, 0.25) is 5.02 Å². The van der Waals surface area contributed by atoms with E-state index in [9.17, 15) is 9.90 Å². The average molecular weight is 296 g/mol. The highest BCUT2D eigenvalue weighted by Gasteiger charge is 2.45. The summed E-state index contributed by atoms with van der Waals surface area (Å²) in [4.78, 5) is 14.2. The number of nitrogens with zero attached hydrogens (tertiary/aromatic N) is 3. The summed E-state index contributed by atoms with van der Waals surface area (Å²) in [6.07, 6.45) is 0.981. The van der Waals surface area contributed by atoms with E-state index in [4.69, 9.17) is 21.9 Å². The summed E-state index contributed by atoms with van der Waals surface area (Å²) in [5.41, 5.74) is 8.73. The highest BCUT2D eigenvalue weighted by Crippen LogP contribution is 2.40. The molecule has 1 saturated heterocycles. The first-order valence-corrected chi connectivity index (χ1v) is 6.59. The molecule has 1 aliphatic heterocycles. The van der Waals surface area contributed by atoms with Gasteiger partial charge in [0.05, 0.1) is 0 Å². The molecule has 0 aliphatic carbocycles. The van der Waals surface area contributed by atoms with Crippen LogP contribution in [0.4, 0.5) is 0 Å². The molecule has 20 heavy (non-hydrogen) atoms. The fraction of sp³-hybridized carbons (Fsp3) is 0.462. The second-order valence-electron chi connectivity index (χ2n) is 4.72. The summed E-state index contributed by atoms with van der Waals surface area (Å²) in [5.74, 6) is -1.13. The molecule has 7 heteroatoms. The van der Waals surface area contributed by atoms with E-state index in [1.54, 1.807) is 24.3 Å². The molecule has 0 amide bonds. The van der Waals surface area contributed by atoms with E-state index in [-0.39, 0.29) is 0 Å². The number of azide groups is 1. The maximum Gasteiger partial charge on any atom is 0.313 e. The van der Waals surface area contributed by atoms with Crippen LogP contribution in [0.1, 0.15) is 18.4 Å². The number of hydrogen-bond acceptors (Lipinski definition) is 3. The Morgan fingerprint density at radius 1 is 1.40 bits per heavy atom. The lowest BCUT2D eigenvalue weighted by Crippen LogP contribution is -2.47. The van der Waals surface area contributed by atoms with Crippen LogP contribution < -0.4 is 0 Å². The molecule has 1 atom stereocenters. The zero-order valence-corrected chi connectivity index (χ0v) is 11.5. The van der Waals surface area contributed by atoms with Crippen molar-refractivity contribution >= 4 is 17.6 Å². The highest BCUT2D eigenvalue weighted by atomic mass is 35.5. The Balaban J connectivity index is 2.51. The van der Waals surface area contributed by atoms with Gasteiger partial charge in [-0.05, 0) is 36.1 Å².